The zero-order valence-corrected chi connectivity index (χ0v) is 9.07. The van der Waals surface area contributed by atoms with Crippen LogP contribution >= 0.6 is 0 Å². The number of nitrogens with one attached hydrogen (secondary N) is 1. The number of hydrogen-bond acceptors (Lipinski definition) is 3. The summed E-state index contributed by atoms with van der Waals surface area (Å²) < 4.78 is 0. The molecule has 0 bridgehead atoms. The number of nitrogens with zero attached hydrogens (tertiary/aromatic N) is 1. The molecule has 3 heteroatoms. The van der Waals surface area contributed by atoms with Gasteiger partial charge >= 0.3 is 0 Å². The van der Waals surface area contributed by atoms with Crippen LogP contribution in [0.3, 0.4) is 0 Å². The van der Waals surface area contributed by atoms with Crippen LogP contribution in [-0.2, 0) is 4.79 Å². The Labute approximate surface area is 94.6 Å². The minimum Gasteiger partial charge on any atom is -0.361 e. The van der Waals surface area contributed by atoms with E-state index in [-0.39, 0.29) is 5.66 Å². The summed E-state index contributed by atoms with van der Waals surface area (Å²) in [5.41, 5.74) is 2.04. The number of ketones is 1. The highest BCUT2D eigenvalue weighted by Crippen LogP contribution is 2.34. The average Bonchev–Trinajstić information content (AvgIpc) is 2.33. The van der Waals surface area contributed by atoms with Gasteiger partial charge < -0.3 is 5.32 Å². The molecule has 0 aromatic heterocycles. The predicted molar refractivity (Wildman–Crippen MR) is 63.9 cm³/mol. The maximum atomic E-state index is 11.3. The standard InChI is InChI=1S/C13H14N2O/c16-11-5-7-13(8-6-11)14-9-10-3-1-2-4-12(10)15-13/h1-4,9,15H,5-8H2. The summed E-state index contributed by atoms with van der Waals surface area (Å²) in [5.74, 6) is 0.362. The fraction of sp³-hybridized carbons (Fsp3) is 0.385. The molecule has 1 aliphatic carbocycles. The van der Waals surface area contributed by atoms with Gasteiger partial charge in [0.15, 0.2) is 0 Å². The summed E-state index contributed by atoms with van der Waals surface area (Å²) in [5, 5.41) is 3.48. The highest BCUT2D eigenvalue weighted by atomic mass is 16.1. The first-order valence-corrected chi connectivity index (χ1v) is 5.72. The number of hydrogen-bond donors (Lipinski definition) is 1. The Morgan fingerprint density at radius 1 is 1.19 bits per heavy atom. The first kappa shape index (κ1) is 9.58. The van der Waals surface area contributed by atoms with Crippen LogP contribution in [0.1, 0.15) is 31.2 Å². The molecule has 1 spiro atoms. The Hall–Kier alpha value is -1.64. The van der Waals surface area contributed by atoms with Gasteiger partial charge in [-0.2, -0.15) is 0 Å². The number of aliphatic imine (C=N–C) groups is 1. The van der Waals surface area contributed by atoms with Crippen LogP contribution < -0.4 is 5.32 Å². The minimum atomic E-state index is -0.220. The number of anilines is 1. The lowest BCUT2D eigenvalue weighted by Gasteiger charge is -2.37. The molecule has 1 aromatic carbocycles. The molecule has 0 saturated heterocycles. The molecule has 3 rings (SSSR count). The first-order chi connectivity index (χ1) is 7.77. The van der Waals surface area contributed by atoms with Gasteiger partial charge in [0.2, 0.25) is 0 Å². The molecule has 3 nitrogen and oxygen atoms in total. The molecule has 1 N–H and O–H groups in total. The van der Waals surface area contributed by atoms with E-state index in [1.54, 1.807) is 0 Å². The molecule has 0 amide bonds. The van der Waals surface area contributed by atoms with E-state index in [0.29, 0.717) is 18.6 Å². The Kier molecular flexibility index (Phi) is 2.06. The van der Waals surface area contributed by atoms with Crippen LogP contribution in [0, 0.1) is 0 Å². The zero-order chi connectivity index (χ0) is 11.0. The Morgan fingerprint density at radius 2 is 1.94 bits per heavy atom. The summed E-state index contributed by atoms with van der Waals surface area (Å²) >= 11 is 0. The number of Topliss-reactive ketones (excluding diaryl/α,β-unsaturated/α-hetero) is 1. The van der Waals surface area contributed by atoms with E-state index in [0.717, 1.165) is 24.1 Å². The van der Waals surface area contributed by atoms with Gasteiger partial charge in [0.1, 0.15) is 11.4 Å². The van der Waals surface area contributed by atoms with Crippen molar-refractivity contribution in [2.45, 2.75) is 31.3 Å². The van der Waals surface area contributed by atoms with Gasteiger partial charge in [-0.3, -0.25) is 9.79 Å². The molecule has 1 fully saturated rings. The van der Waals surface area contributed by atoms with Crippen molar-refractivity contribution in [3.63, 3.8) is 0 Å². The van der Waals surface area contributed by atoms with E-state index in [4.69, 9.17) is 0 Å². The van der Waals surface area contributed by atoms with E-state index in [2.05, 4.69) is 16.4 Å². The number of carbonyl (C=O) groups excluding carboxylic acids is 1. The van der Waals surface area contributed by atoms with Gasteiger partial charge in [0.05, 0.1) is 0 Å². The van der Waals surface area contributed by atoms with Gasteiger partial charge in [-0.1, -0.05) is 18.2 Å². The number of carbonyl (C=O) groups is 1. The van der Waals surface area contributed by atoms with E-state index in [1.807, 2.05) is 24.4 Å². The molecule has 1 aliphatic heterocycles. The third-order valence-electron chi connectivity index (χ3n) is 3.41. The lowest BCUT2D eigenvalue weighted by molar-refractivity contribution is -0.121. The minimum absolute atomic E-state index is 0.220. The Bertz CT molecular complexity index is 455. The lowest BCUT2D eigenvalue weighted by Crippen LogP contribution is -2.42. The second-order valence-corrected chi connectivity index (χ2v) is 4.54. The van der Waals surface area contributed by atoms with Gasteiger partial charge in [0, 0.05) is 30.3 Å². The Morgan fingerprint density at radius 3 is 2.75 bits per heavy atom. The third kappa shape index (κ3) is 1.52. The molecule has 0 unspecified atom stereocenters. The predicted octanol–water partition coefficient (Wildman–Crippen LogP) is 2.37. The molecule has 1 aromatic rings. The fourth-order valence-electron chi connectivity index (χ4n) is 2.40. The van der Waals surface area contributed by atoms with Crippen LogP contribution in [0.15, 0.2) is 29.3 Å². The molecule has 0 radical (unpaired) electrons. The van der Waals surface area contributed by atoms with Crippen LogP contribution in [-0.4, -0.2) is 17.7 Å². The van der Waals surface area contributed by atoms with Gasteiger partial charge in [-0.05, 0) is 18.9 Å². The number of para-hydroxylation sites is 1. The largest absolute Gasteiger partial charge is 0.361 e. The Balaban J connectivity index is 1.90. The maximum Gasteiger partial charge on any atom is 0.133 e. The number of benzene rings is 1. The quantitative estimate of drug-likeness (QED) is 0.720. The fourth-order valence-corrected chi connectivity index (χ4v) is 2.40. The SMILES string of the molecule is O=C1CCC2(CC1)N=Cc1ccccc1N2. The summed E-state index contributed by atoms with van der Waals surface area (Å²) in [4.78, 5) is 15.9. The average molecular weight is 214 g/mol. The third-order valence-corrected chi connectivity index (χ3v) is 3.41. The molecular formula is C13H14N2O. The second kappa shape index (κ2) is 3.44. The number of rotatable bonds is 0. The van der Waals surface area contributed by atoms with Crippen molar-refractivity contribution < 1.29 is 4.79 Å². The molecule has 1 saturated carbocycles. The van der Waals surface area contributed by atoms with Crippen LogP contribution in [0.2, 0.25) is 0 Å². The summed E-state index contributed by atoms with van der Waals surface area (Å²) in [6.45, 7) is 0. The molecule has 82 valence electrons. The van der Waals surface area contributed by atoms with E-state index < -0.39 is 0 Å². The highest BCUT2D eigenvalue weighted by Gasteiger charge is 2.35. The van der Waals surface area contributed by atoms with Crippen molar-refractivity contribution in [3.8, 4) is 0 Å². The van der Waals surface area contributed by atoms with Crippen molar-refractivity contribution >= 4 is 17.7 Å². The van der Waals surface area contributed by atoms with Crippen LogP contribution in [0.25, 0.3) is 0 Å². The zero-order valence-electron chi connectivity index (χ0n) is 9.07. The summed E-state index contributed by atoms with van der Waals surface area (Å²) in [7, 11) is 0. The van der Waals surface area contributed by atoms with Gasteiger partial charge in [-0.25, -0.2) is 0 Å². The maximum absolute atomic E-state index is 11.3. The summed E-state index contributed by atoms with van der Waals surface area (Å²) in [6, 6.07) is 8.15. The van der Waals surface area contributed by atoms with Crippen molar-refractivity contribution in [2.75, 3.05) is 5.32 Å². The number of fused-ring (bicyclic) bond motifs is 1. The van der Waals surface area contributed by atoms with E-state index >= 15 is 0 Å². The normalized spacial score (nSPS) is 21.6. The van der Waals surface area contributed by atoms with E-state index in [9.17, 15) is 4.79 Å². The smallest absolute Gasteiger partial charge is 0.133 e. The second-order valence-electron chi connectivity index (χ2n) is 4.54. The van der Waals surface area contributed by atoms with E-state index in [1.165, 1.54) is 0 Å². The monoisotopic (exact) mass is 214 g/mol. The first-order valence-electron chi connectivity index (χ1n) is 5.72. The van der Waals surface area contributed by atoms with Crippen molar-refractivity contribution in [1.82, 2.24) is 0 Å². The molecule has 0 atom stereocenters. The summed E-state index contributed by atoms with van der Waals surface area (Å²) in [6.07, 6.45) is 4.86. The van der Waals surface area contributed by atoms with Gasteiger partial charge in [-0.15, -0.1) is 0 Å². The van der Waals surface area contributed by atoms with Crippen molar-refractivity contribution in [2.24, 2.45) is 4.99 Å². The molecule has 2 aliphatic rings. The van der Waals surface area contributed by atoms with Crippen LogP contribution in [0.5, 0.6) is 0 Å². The molecule has 16 heavy (non-hydrogen) atoms. The highest BCUT2D eigenvalue weighted by molar-refractivity contribution is 5.90. The topological polar surface area (TPSA) is 41.5 Å². The van der Waals surface area contributed by atoms with Crippen LogP contribution in [0.4, 0.5) is 5.69 Å². The van der Waals surface area contributed by atoms with Crippen molar-refractivity contribution in [3.05, 3.63) is 29.8 Å². The van der Waals surface area contributed by atoms with Gasteiger partial charge in [0.25, 0.3) is 0 Å². The molecule has 1 heterocycles. The van der Waals surface area contributed by atoms with Crippen molar-refractivity contribution in [1.29, 1.82) is 0 Å². The lowest BCUT2D eigenvalue weighted by atomic mass is 9.87. The molecular weight excluding hydrogens is 200 g/mol.